The molecule has 1 rings (SSSR count). The fourth-order valence-corrected chi connectivity index (χ4v) is 2.73. The highest BCUT2D eigenvalue weighted by Gasteiger charge is 2.23. The Labute approximate surface area is 96.7 Å². The predicted molar refractivity (Wildman–Crippen MR) is 67.6 cm³/mol. The summed E-state index contributed by atoms with van der Waals surface area (Å²) in [7, 11) is -0.690. The van der Waals surface area contributed by atoms with Crippen molar-refractivity contribution in [3.8, 4) is 0 Å². The molecule has 0 bridgehead atoms. The summed E-state index contributed by atoms with van der Waals surface area (Å²) in [6.45, 7) is 5.25. The van der Waals surface area contributed by atoms with Gasteiger partial charge in [0.1, 0.15) is 0 Å². The third-order valence-corrected chi connectivity index (χ3v) is 4.97. The lowest BCUT2D eigenvalue weighted by molar-refractivity contribution is 0.257. The first-order chi connectivity index (χ1) is 7.15. The van der Waals surface area contributed by atoms with Crippen molar-refractivity contribution in [2.45, 2.75) is 57.2 Å². The first-order valence-electron chi connectivity index (χ1n) is 6.20. The van der Waals surface area contributed by atoms with Crippen LogP contribution in [-0.2, 0) is 10.8 Å². The minimum absolute atomic E-state index is 0.282. The average molecular weight is 231 g/mol. The first-order valence-corrected chi connectivity index (χ1v) is 7.82. The van der Waals surface area contributed by atoms with E-state index in [0.717, 1.165) is 12.5 Å². The van der Waals surface area contributed by atoms with Gasteiger partial charge < -0.3 is 5.32 Å². The summed E-state index contributed by atoms with van der Waals surface area (Å²) in [4.78, 5) is 0. The van der Waals surface area contributed by atoms with Crippen molar-refractivity contribution in [1.29, 1.82) is 0 Å². The van der Waals surface area contributed by atoms with Crippen molar-refractivity contribution < 1.29 is 4.21 Å². The van der Waals surface area contributed by atoms with Gasteiger partial charge in [-0.25, -0.2) is 0 Å². The molecule has 1 saturated carbocycles. The molecule has 0 saturated heterocycles. The molecule has 0 heterocycles. The van der Waals surface area contributed by atoms with Crippen LogP contribution in [0.1, 0.15) is 46.0 Å². The Morgan fingerprint density at radius 2 is 2.07 bits per heavy atom. The summed E-state index contributed by atoms with van der Waals surface area (Å²) in [5.41, 5.74) is 0. The van der Waals surface area contributed by atoms with Gasteiger partial charge in [0, 0.05) is 34.9 Å². The van der Waals surface area contributed by atoms with E-state index in [-0.39, 0.29) is 5.25 Å². The monoisotopic (exact) mass is 231 g/mol. The Morgan fingerprint density at radius 1 is 1.40 bits per heavy atom. The van der Waals surface area contributed by atoms with Gasteiger partial charge in [-0.2, -0.15) is 0 Å². The molecule has 4 atom stereocenters. The van der Waals surface area contributed by atoms with E-state index in [2.05, 4.69) is 19.2 Å². The highest BCUT2D eigenvalue weighted by atomic mass is 32.2. The van der Waals surface area contributed by atoms with Gasteiger partial charge in [0.05, 0.1) is 0 Å². The molecule has 4 unspecified atom stereocenters. The summed E-state index contributed by atoms with van der Waals surface area (Å²) < 4.78 is 11.2. The molecule has 0 aliphatic heterocycles. The third-order valence-electron chi connectivity index (χ3n) is 3.67. The van der Waals surface area contributed by atoms with Crippen molar-refractivity contribution in [3.05, 3.63) is 0 Å². The molecule has 1 fully saturated rings. The molecule has 2 nitrogen and oxygen atoms in total. The fourth-order valence-electron chi connectivity index (χ4n) is 2.40. The van der Waals surface area contributed by atoms with E-state index >= 15 is 0 Å². The zero-order valence-electron chi connectivity index (χ0n) is 10.3. The SMILES string of the molecule is CCC1CCCCC1NCC(C)S(C)=O. The zero-order chi connectivity index (χ0) is 11.3. The molecule has 0 amide bonds. The van der Waals surface area contributed by atoms with Crippen LogP contribution in [0, 0.1) is 5.92 Å². The summed E-state index contributed by atoms with van der Waals surface area (Å²) >= 11 is 0. The van der Waals surface area contributed by atoms with E-state index in [4.69, 9.17) is 0 Å². The molecule has 0 aromatic rings. The Bertz CT molecular complexity index is 208. The van der Waals surface area contributed by atoms with Gasteiger partial charge in [-0.05, 0) is 25.7 Å². The van der Waals surface area contributed by atoms with Crippen molar-refractivity contribution in [2.24, 2.45) is 5.92 Å². The van der Waals surface area contributed by atoms with E-state index in [0.29, 0.717) is 6.04 Å². The smallest absolute Gasteiger partial charge is 0.0441 e. The lowest BCUT2D eigenvalue weighted by Gasteiger charge is -2.32. The van der Waals surface area contributed by atoms with Crippen LogP contribution in [0.2, 0.25) is 0 Å². The van der Waals surface area contributed by atoms with E-state index in [1.165, 1.54) is 32.1 Å². The zero-order valence-corrected chi connectivity index (χ0v) is 11.1. The van der Waals surface area contributed by atoms with Gasteiger partial charge in [-0.1, -0.05) is 26.2 Å². The summed E-state index contributed by atoms with van der Waals surface area (Å²) in [5.74, 6) is 0.844. The number of hydrogen-bond donors (Lipinski definition) is 1. The van der Waals surface area contributed by atoms with Gasteiger partial charge in [0.15, 0.2) is 0 Å². The summed E-state index contributed by atoms with van der Waals surface area (Å²) in [6, 6.07) is 0.676. The second kappa shape index (κ2) is 6.64. The van der Waals surface area contributed by atoms with Crippen LogP contribution in [0.3, 0.4) is 0 Å². The Balaban J connectivity index is 2.32. The maximum atomic E-state index is 11.2. The molecular formula is C12H25NOS. The minimum Gasteiger partial charge on any atom is -0.313 e. The summed E-state index contributed by atoms with van der Waals surface area (Å²) in [5, 5.41) is 3.89. The Kier molecular flexibility index (Phi) is 5.83. The summed E-state index contributed by atoms with van der Waals surface area (Å²) in [6.07, 6.45) is 8.51. The van der Waals surface area contributed by atoms with Crippen molar-refractivity contribution >= 4 is 10.8 Å². The lowest BCUT2D eigenvalue weighted by atomic mass is 9.83. The van der Waals surface area contributed by atoms with E-state index in [1.54, 1.807) is 6.26 Å². The third kappa shape index (κ3) is 4.23. The van der Waals surface area contributed by atoms with E-state index < -0.39 is 10.8 Å². The largest absolute Gasteiger partial charge is 0.313 e. The maximum Gasteiger partial charge on any atom is 0.0441 e. The van der Waals surface area contributed by atoms with Crippen molar-refractivity contribution in [2.75, 3.05) is 12.8 Å². The molecule has 1 aliphatic carbocycles. The Hall–Kier alpha value is 0.110. The van der Waals surface area contributed by atoms with Crippen LogP contribution >= 0.6 is 0 Å². The topological polar surface area (TPSA) is 29.1 Å². The minimum atomic E-state index is -0.690. The molecule has 15 heavy (non-hydrogen) atoms. The molecule has 0 aromatic heterocycles. The van der Waals surface area contributed by atoms with Crippen molar-refractivity contribution in [1.82, 2.24) is 5.32 Å². The molecule has 1 N–H and O–H groups in total. The quantitative estimate of drug-likeness (QED) is 0.787. The number of hydrogen-bond acceptors (Lipinski definition) is 2. The van der Waals surface area contributed by atoms with Gasteiger partial charge in [0.25, 0.3) is 0 Å². The van der Waals surface area contributed by atoms with Crippen LogP contribution in [0.4, 0.5) is 0 Å². The normalized spacial score (nSPS) is 31.1. The second-order valence-electron chi connectivity index (χ2n) is 4.78. The van der Waals surface area contributed by atoms with Crippen LogP contribution in [-0.4, -0.2) is 28.3 Å². The molecule has 0 spiro atoms. The average Bonchev–Trinajstić information content (AvgIpc) is 2.26. The second-order valence-corrected chi connectivity index (χ2v) is 6.58. The molecule has 1 aliphatic rings. The lowest BCUT2D eigenvalue weighted by Crippen LogP contribution is -2.42. The molecule has 0 radical (unpaired) electrons. The standard InChI is InChI=1S/C12H25NOS/c1-4-11-7-5-6-8-12(11)13-9-10(2)15(3)14/h10-13H,4-9H2,1-3H3. The van der Waals surface area contributed by atoms with Crippen LogP contribution in [0.25, 0.3) is 0 Å². The Morgan fingerprint density at radius 3 is 2.67 bits per heavy atom. The van der Waals surface area contributed by atoms with Gasteiger partial charge >= 0.3 is 0 Å². The highest BCUT2D eigenvalue weighted by molar-refractivity contribution is 7.84. The van der Waals surface area contributed by atoms with Crippen molar-refractivity contribution in [3.63, 3.8) is 0 Å². The highest BCUT2D eigenvalue weighted by Crippen LogP contribution is 2.26. The van der Waals surface area contributed by atoms with Gasteiger partial charge in [-0.15, -0.1) is 0 Å². The van der Waals surface area contributed by atoms with Crippen LogP contribution < -0.4 is 5.32 Å². The molecule has 3 heteroatoms. The van der Waals surface area contributed by atoms with E-state index in [9.17, 15) is 4.21 Å². The van der Waals surface area contributed by atoms with Gasteiger partial charge in [-0.3, -0.25) is 4.21 Å². The van der Waals surface area contributed by atoms with Crippen LogP contribution in [0.5, 0.6) is 0 Å². The number of rotatable bonds is 5. The molecule has 0 aromatic carbocycles. The van der Waals surface area contributed by atoms with Gasteiger partial charge in [0.2, 0.25) is 0 Å². The predicted octanol–water partition coefficient (Wildman–Crippen LogP) is 2.31. The number of nitrogens with one attached hydrogen (secondary N) is 1. The van der Waals surface area contributed by atoms with E-state index in [1.807, 2.05) is 0 Å². The molecule has 90 valence electrons. The molecular weight excluding hydrogens is 206 g/mol. The van der Waals surface area contributed by atoms with Crippen LogP contribution in [0.15, 0.2) is 0 Å². The maximum absolute atomic E-state index is 11.2. The fraction of sp³-hybridized carbons (Fsp3) is 1.00. The first kappa shape index (κ1) is 13.2.